The number of ether oxygens (including phenoxy) is 2. The summed E-state index contributed by atoms with van der Waals surface area (Å²) in [6.45, 7) is 3.47. The van der Waals surface area contributed by atoms with E-state index >= 15 is 0 Å². The van der Waals surface area contributed by atoms with Gasteiger partial charge in [-0.05, 0) is 42.8 Å². The molecule has 1 aliphatic rings. The fraction of sp³-hybridized carbons (Fsp3) is 0.286. The molecule has 0 aliphatic heterocycles. The Morgan fingerprint density at radius 2 is 1.96 bits per heavy atom. The number of nitrogens with zero attached hydrogens (tertiary/aromatic N) is 1. The van der Waals surface area contributed by atoms with E-state index in [1.54, 1.807) is 7.11 Å². The van der Waals surface area contributed by atoms with Crippen LogP contribution in [0.1, 0.15) is 23.1 Å². The summed E-state index contributed by atoms with van der Waals surface area (Å²) >= 11 is 0. The van der Waals surface area contributed by atoms with Crippen molar-refractivity contribution in [3.63, 3.8) is 0 Å². The summed E-state index contributed by atoms with van der Waals surface area (Å²) in [5.41, 5.74) is 7.06. The summed E-state index contributed by atoms with van der Waals surface area (Å²) in [5.74, 6) is 1.80. The molecule has 3 aromatic rings. The first kappa shape index (κ1) is 16.7. The summed E-state index contributed by atoms with van der Waals surface area (Å²) in [5, 5.41) is 11.1. The maximum absolute atomic E-state index is 5.82. The molecule has 2 N–H and O–H groups in total. The van der Waals surface area contributed by atoms with Crippen LogP contribution in [0.5, 0.6) is 5.75 Å². The third-order valence-corrected chi connectivity index (χ3v) is 4.66. The van der Waals surface area contributed by atoms with E-state index in [9.17, 15) is 0 Å². The molecular weight excluding hydrogens is 326 g/mol. The van der Waals surface area contributed by atoms with Gasteiger partial charge in [-0.15, -0.1) is 0 Å². The summed E-state index contributed by atoms with van der Waals surface area (Å²) in [6.07, 6.45) is 1.74. The Hall–Kier alpha value is -2.79. The van der Waals surface area contributed by atoms with Gasteiger partial charge in [0, 0.05) is 43.4 Å². The minimum atomic E-state index is 0.666. The lowest BCUT2D eigenvalue weighted by Gasteiger charge is -2.08. The van der Waals surface area contributed by atoms with E-state index in [4.69, 9.17) is 9.47 Å². The number of hydrogen-bond donors (Lipinski definition) is 2. The molecule has 5 nitrogen and oxygen atoms in total. The number of methoxy groups -OCH3 is 1. The van der Waals surface area contributed by atoms with Crippen LogP contribution in [0.15, 0.2) is 42.5 Å². The second-order valence-electron chi connectivity index (χ2n) is 6.61. The normalized spacial score (nSPS) is 11.9. The number of nitrogens with one attached hydrogen (secondary N) is 2. The van der Waals surface area contributed by atoms with Crippen LogP contribution in [0.3, 0.4) is 0 Å². The van der Waals surface area contributed by atoms with Crippen LogP contribution >= 0.6 is 0 Å². The van der Waals surface area contributed by atoms with Crippen molar-refractivity contribution in [2.24, 2.45) is 0 Å². The average Bonchev–Trinajstić information content (AvgIpc) is 3.20. The van der Waals surface area contributed by atoms with Gasteiger partial charge in [0.25, 0.3) is 0 Å². The third kappa shape index (κ3) is 3.30. The Kier molecular flexibility index (Phi) is 4.63. The number of aromatic nitrogens is 2. The quantitative estimate of drug-likeness (QED) is 0.484. The third-order valence-electron chi connectivity index (χ3n) is 4.66. The van der Waals surface area contributed by atoms with Crippen LogP contribution in [0, 0.1) is 6.92 Å². The second-order valence-corrected chi connectivity index (χ2v) is 6.61. The Bertz CT molecular complexity index is 900. The van der Waals surface area contributed by atoms with Crippen molar-refractivity contribution < 1.29 is 9.47 Å². The molecule has 0 bridgehead atoms. The molecule has 0 fully saturated rings. The van der Waals surface area contributed by atoms with E-state index in [-0.39, 0.29) is 0 Å². The monoisotopic (exact) mass is 349 g/mol. The molecule has 0 saturated carbocycles. The van der Waals surface area contributed by atoms with Crippen LogP contribution in [-0.2, 0) is 11.2 Å². The summed E-state index contributed by atoms with van der Waals surface area (Å²) < 4.78 is 10.9. The highest BCUT2D eigenvalue weighted by Crippen LogP contribution is 2.40. The van der Waals surface area contributed by atoms with E-state index in [1.807, 2.05) is 6.07 Å². The highest BCUT2D eigenvalue weighted by atomic mass is 16.5. The highest BCUT2D eigenvalue weighted by molar-refractivity contribution is 5.80. The van der Waals surface area contributed by atoms with Gasteiger partial charge in [0.15, 0.2) is 5.82 Å². The zero-order valence-electron chi connectivity index (χ0n) is 15.1. The summed E-state index contributed by atoms with van der Waals surface area (Å²) in [6, 6.07) is 14.6. The molecule has 0 spiro atoms. The van der Waals surface area contributed by atoms with Gasteiger partial charge in [0.1, 0.15) is 5.75 Å². The molecule has 4 rings (SSSR count). The van der Waals surface area contributed by atoms with Crippen LogP contribution in [-0.4, -0.2) is 30.5 Å². The van der Waals surface area contributed by atoms with Crippen LogP contribution < -0.4 is 10.1 Å². The van der Waals surface area contributed by atoms with Gasteiger partial charge in [-0.1, -0.05) is 17.7 Å². The molecule has 0 atom stereocenters. The molecule has 1 aliphatic carbocycles. The smallest absolute Gasteiger partial charge is 0.156 e. The van der Waals surface area contributed by atoms with E-state index in [0.717, 1.165) is 42.4 Å². The Balaban J connectivity index is 1.49. The van der Waals surface area contributed by atoms with Gasteiger partial charge in [0.05, 0.1) is 12.3 Å². The van der Waals surface area contributed by atoms with Crippen LogP contribution in [0.2, 0.25) is 0 Å². The largest absolute Gasteiger partial charge is 0.493 e. The van der Waals surface area contributed by atoms with E-state index in [2.05, 4.69) is 58.8 Å². The molecule has 0 unspecified atom stereocenters. The molecule has 2 aromatic carbocycles. The van der Waals surface area contributed by atoms with Gasteiger partial charge in [-0.2, -0.15) is 5.10 Å². The van der Waals surface area contributed by atoms with Crippen molar-refractivity contribution >= 4 is 11.5 Å². The standard InChI is InChI=1S/C21H23N3O2/c1-14-4-6-16(7-5-14)22-21-19-13-15-12-17(26-11-3-10-25-2)8-9-18(15)20(19)23-24-21/h4-9,12H,3,10-11,13H2,1-2H3,(H2,22,23,24). The molecular formula is C21H23N3O2. The van der Waals surface area contributed by atoms with Gasteiger partial charge in [-0.3, -0.25) is 5.10 Å². The van der Waals surface area contributed by atoms with E-state index in [0.29, 0.717) is 6.61 Å². The first-order valence-corrected chi connectivity index (χ1v) is 8.90. The number of aromatic amines is 1. The summed E-state index contributed by atoms with van der Waals surface area (Å²) in [7, 11) is 1.71. The Morgan fingerprint density at radius 3 is 2.77 bits per heavy atom. The van der Waals surface area contributed by atoms with Gasteiger partial charge < -0.3 is 14.8 Å². The number of hydrogen-bond acceptors (Lipinski definition) is 4. The topological polar surface area (TPSA) is 59.2 Å². The molecule has 0 amide bonds. The molecule has 134 valence electrons. The molecule has 1 aromatic heterocycles. The lowest BCUT2D eigenvalue weighted by molar-refractivity contribution is 0.172. The van der Waals surface area contributed by atoms with Gasteiger partial charge >= 0.3 is 0 Å². The zero-order valence-corrected chi connectivity index (χ0v) is 15.1. The molecule has 0 saturated heterocycles. The van der Waals surface area contributed by atoms with Crippen molar-refractivity contribution in [1.29, 1.82) is 0 Å². The number of anilines is 2. The fourth-order valence-corrected chi connectivity index (χ4v) is 3.27. The van der Waals surface area contributed by atoms with Gasteiger partial charge in [0.2, 0.25) is 0 Å². The van der Waals surface area contributed by atoms with Crippen molar-refractivity contribution in [2.75, 3.05) is 25.6 Å². The lowest BCUT2D eigenvalue weighted by Crippen LogP contribution is -2.01. The number of fused-ring (bicyclic) bond motifs is 3. The minimum absolute atomic E-state index is 0.666. The molecule has 5 heteroatoms. The van der Waals surface area contributed by atoms with Crippen molar-refractivity contribution in [2.45, 2.75) is 19.8 Å². The second kappa shape index (κ2) is 7.22. The molecule has 26 heavy (non-hydrogen) atoms. The average molecular weight is 349 g/mol. The fourth-order valence-electron chi connectivity index (χ4n) is 3.27. The predicted molar refractivity (Wildman–Crippen MR) is 103 cm³/mol. The van der Waals surface area contributed by atoms with E-state index in [1.165, 1.54) is 22.3 Å². The minimum Gasteiger partial charge on any atom is -0.493 e. The Morgan fingerprint density at radius 1 is 1.12 bits per heavy atom. The number of rotatable bonds is 7. The van der Waals surface area contributed by atoms with Crippen molar-refractivity contribution in [3.05, 3.63) is 59.2 Å². The van der Waals surface area contributed by atoms with E-state index < -0.39 is 0 Å². The SMILES string of the molecule is COCCCOc1ccc2c(c1)Cc1c(Nc3ccc(C)cc3)n[nH]c1-2. The van der Waals surface area contributed by atoms with Crippen molar-refractivity contribution in [3.8, 4) is 17.0 Å². The lowest BCUT2D eigenvalue weighted by atomic mass is 10.1. The molecule has 0 radical (unpaired) electrons. The number of H-pyrrole nitrogens is 1. The maximum atomic E-state index is 5.82. The first-order valence-electron chi connectivity index (χ1n) is 8.90. The highest BCUT2D eigenvalue weighted by Gasteiger charge is 2.25. The maximum Gasteiger partial charge on any atom is 0.156 e. The van der Waals surface area contributed by atoms with Gasteiger partial charge in [-0.25, -0.2) is 0 Å². The zero-order chi connectivity index (χ0) is 17.9. The van der Waals surface area contributed by atoms with Crippen LogP contribution in [0.4, 0.5) is 11.5 Å². The predicted octanol–water partition coefficient (Wildman–Crippen LogP) is 4.45. The first-order chi connectivity index (χ1) is 12.7. The number of aryl methyl sites for hydroxylation is 1. The number of benzene rings is 2. The van der Waals surface area contributed by atoms with Crippen LogP contribution in [0.25, 0.3) is 11.3 Å². The summed E-state index contributed by atoms with van der Waals surface area (Å²) in [4.78, 5) is 0. The van der Waals surface area contributed by atoms with Crippen molar-refractivity contribution in [1.82, 2.24) is 10.2 Å². The molecule has 1 heterocycles. The Labute approximate surface area is 153 Å².